The van der Waals surface area contributed by atoms with Gasteiger partial charge in [0.2, 0.25) is 0 Å². The smallest absolute Gasteiger partial charge is 0.156 e. The van der Waals surface area contributed by atoms with Crippen LogP contribution in [-0.2, 0) is 0 Å². The van der Waals surface area contributed by atoms with E-state index in [0.29, 0.717) is 11.5 Å². The van der Waals surface area contributed by atoms with E-state index in [2.05, 4.69) is 118 Å². The van der Waals surface area contributed by atoms with E-state index >= 15 is 0 Å². The minimum atomic E-state index is -1.79. The molecule has 2 heteroatoms. The SMILES string of the molecule is Cc1c[c-]([Si](C)(C)C2C=C(CC(C)c3ccccc3)c3ccccc32)c2ccccc12.[Li+]. The Hall–Kier alpha value is -2.18. The van der Waals surface area contributed by atoms with Gasteiger partial charge in [0, 0.05) is 8.07 Å². The third-order valence-electron chi connectivity index (χ3n) is 7.38. The Morgan fingerprint density at radius 3 is 2.31 bits per heavy atom. The number of benzene rings is 3. The molecule has 0 N–H and O–H groups in total. The number of hydrogen-bond donors (Lipinski definition) is 0. The first-order valence-corrected chi connectivity index (χ1v) is 14.5. The number of fused-ring (bicyclic) bond motifs is 2. The summed E-state index contributed by atoms with van der Waals surface area (Å²) in [6.45, 7) is 9.76. The summed E-state index contributed by atoms with van der Waals surface area (Å²) < 4.78 is 0. The summed E-state index contributed by atoms with van der Waals surface area (Å²) in [5.41, 5.74) is 7.91. The molecule has 1 aliphatic rings. The van der Waals surface area contributed by atoms with Crippen molar-refractivity contribution in [2.45, 2.75) is 44.8 Å². The zero-order valence-electron chi connectivity index (χ0n) is 20.0. The molecule has 156 valence electrons. The average Bonchev–Trinajstić information content (AvgIpc) is 3.34. The molecular weight excluding hydrogens is 395 g/mol. The third-order valence-corrected chi connectivity index (χ3v) is 11.2. The van der Waals surface area contributed by atoms with Crippen LogP contribution in [0.5, 0.6) is 0 Å². The fourth-order valence-corrected chi connectivity index (χ4v) is 9.06. The van der Waals surface area contributed by atoms with Gasteiger partial charge in [-0.3, -0.25) is 0 Å². The minimum Gasteiger partial charge on any atom is -0.156 e. The summed E-state index contributed by atoms with van der Waals surface area (Å²) in [5.74, 6) is 0.519. The van der Waals surface area contributed by atoms with E-state index in [1.165, 1.54) is 38.6 Å². The van der Waals surface area contributed by atoms with E-state index < -0.39 is 8.07 Å². The molecule has 0 heterocycles. The minimum absolute atomic E-state index is 0. The molecule has 32 heavy (non-hydrogen) atoms. The monoisotopic (exact) mass is 426 g/mol. The Kier molecular flexibility index (Phi) is 6.46. The van der Waals surface area contributed by atoms with Crippen molar-refractivity contribution in [2.75, 3.05) is 0 Å². The maximum Gasteiger partial charge on any atom is 1.00 e. The van der Waals surface area contributed by atoms with Crippen molar-refractivity contribution >= 4 is 29.6 Å². The molecule has 0 spiro atoms. The molecule has 0 saturated heterocycles. The van der Waals surface area contributed by atoms with Crippen molar-refractivity contribution in [1.82, 2.24) is 0 Å². The summed E-state index contributed by atoms with van der Waals surface area (Å²) in [7, 11) is -1.79. The standard InChI is InChI=1S/C30H31Si.Li/c1-21(23-12-6-5-7-13-23)18-24-20-30(28-17-11-9-15-26(24)28)31(3,4)29-19-22(2)25-14-8-10-16-27(25)29;/h5-17,19-21,30H,18H2,1-4H3;/q-1;+1. The second-order valence-electron chi connectivity index (χ2n) is 9.78. The quantitative estimate of drug-likeness (QED) is 0.321. The third kappa shape index (κ3) is 3.88. The van der Waals surface area contributed by atoms with E-state index in [0.717, 1.165) is 6.42 Å². The molecule has 0 saturated carbocycles. The zero-order chi connectivity index (χ0) is 21.6. The topological polar surface area (TPSA) is 0 Å². The van der Waals surface area contributed by atoms with Crippen LogP contribution in [0.2, 0.25) is 13.1 Å². The first-order valence-electron chi connectivity index (χ1n) is 11.5. The summed E-state index contributed by atoms with van der Waals surface area (Å²) in [5, 5.41) is 4.49. The Morgan fingerprint density at radius 2 is 1.53 bits per heavy atom. The summed E-state index contributed by atoms with van der Waals surface area (Å²) in [4.78, 5) is 0. The molecule has 2 unspecified atom stereocenters. The van der Waals surface area contributed by atoms with E-state index in [1.807, 2.05) is 0 Å². The predicted molar refractivity (Wildman–Crippen MR) is 138 cm³/mol. The van der Waals surface area contributed by atoms with Crippen LogP contribution in [0.15, 0.2) is 91.0 Å². The van der Waals surface area contributed by atoms with Crippen LogP contribution in [0.3, 0.4) is 0 Å². The summed E-state index contributed by atoms with van der Waals surface area (Å²) in [6.07, 6.45) is 3.73. The van der Waals surface area contributed by atoms with Gasteiger partial charge in [-0.1, -0.05) is 93.7 Å². The molecule has 4 aromatic rings. The van der Waals surface area contributed by atoms with Crippen LogP contribution in [0, 0.1) is 6.92 Å². The van der Waals surface area contributed by atoms with Gasteiger partial charge in [-0.15, -0.1) is 40.2 Å². The van der Waals surface area contributed by atoms with E-state index in [-0.39, 0.29) is 18.9 Å². The van der Waals surface area contributed by atoms with Gasteiger partial charge in [-0.05, 0) is 40.1 Å². The Bertz CT molecular complexity index is 1260. The summed E-state index contributed by atoms with van der Waals surface area (Å²) >= 11 is 0. The fourth-order valence-electron chi connectivity index (χ4n) is 5.58. The second kappa shape index (κ2) is 8.99. The fraction of sp³-hybridized carbons (Fsp3) is 0.233. The summed E-state index contributed by atoms with van der Waals surface area (Å²) in [6, 6.07) is 31.6. The number of allylic oxidation sites excluding steroid dienone is 2. The molecule has 0 nitrogen and oxygen atoms in total. The average molecular weight is 427 g/mol. The maximum atomic E-state index is 2.63. The van der Waals surface area contributed by atoms with Crippen molar-refractivity contribution in [3.8, 4) is 0 Å². The van der Waals surface area contributed by atoms with Crippen LogP contribution in [0.25, 0.3) is 16.3 Å². The molecule has 0 radical (unpaired) electrons. The number of aryl methyl sites for hydroxylation is 1. The molecule has 0 bridgehead atoms. The molecule has 0 aromatic heterocycles. The van der Waals surface area contributed by atoms with Crippen molar-refractivity contribution in [1.29, 1.82) is 0 Å². The normalized spacial score (nSPS) is 16.4. The van der Waals surface area contributed by atoms with Gasteiger partial charge in [0.15, 0.2) is 0 Å². The maximum absolute atomic E-state index is 2.63. The van der Waals surface area contributed by atoms with Gasteiger partial charge in [-0.2, -0.15) is 5.56 Å². The van der Waals surface area contributed by atoms with Crippen molar-refractivity contribution in [3.63, 3.8) is 0 Å². The number of rotatable bonds is 5. The molecule has 0 amide bonds. The van der Waals surface area contributed by atoms with Crippen molar-refractivity contribution in [2.24, 2.45) is 0 Å². The first-order chi connectivity index (χ1) is 15.0. The van der Waals surface area contributed by atoms with Gasteiger partial charge in [0.05, 0.1) is 0 Å². The van der Waals surface area contributed by atoms with Crippen molar-refractivity contribution in [3.05, 3.63) is 113 Å². The predicted octanol–water partition coefficient (Wildman–Crippen LogP) is 4.70. The van der Waals surface area contributed by atoms with Gasteiger partial charge in [0.1, 0.15) is 0 Å². The van der Waals surface area contributed by atoms with Gasteiger partial charge in [0.25, 0.3) is 0 Å². The van der Waals surface area contributed by atoms with Crippen LogP contribution in [0.4, 0.5) is 0 Å². The van der Waals surface area contributed by atoms with Gasteiger partial charge >= 0.3 is 18.9 Å². The Morgan fingerprint density at radius 1 is 0.875 bits per heavy atom. The Labute approximate surface area is 205 Å². The Balaban J connectivity index is 0.00000245. The largest absolute Gasteiger partial charge is 1.00 e. The molecule has 0 aliphatic heterocycles. The van der Waals surface area contributed by atoms with E-state index in [9.17, 15) is 0 Å². The second-order valence-corrected chi connectivity index (χ2v) is 14.4. The van der Waals surface area contributed by atoms with Crippen LogP contribution >= 0.6 is 0 Å². The van der Waals surface area contributed by atoms with Gasteiger partial charge < -0.3 is 0 Å². The van der Waals surface area contributed by atoms with Crippen LogP contribution in [0.1, 0.15) is 47.1 Å². The van der Waals surface area contributed by atoms with E-state index in [1.54, 1.807) is 5.19 Å². The number of hydrogen-bond acceptors (Lipinski definition) is 0. The molecule has 4 aromatic carbocycles. The van der Waals surface area contributed by atoms with Crippen molar-refractivity contribution < 1.29 is 18.9 Å². The zero-order valence-corrected chi connectivity index (χ0v) is 21.0. The molecule has 0 fully saturated rings. The van der Waals surface area contributed by atoms with E-state index in [4.69, 9.17) is 0 Å². The first kappa shape index (κ1) is 23.0. The van der Waals surface area contributed by atoms with Crippen LogP contribution in [-0.4, -0.2) is 8.07 Å². The van der Waals surface area contributed by atoms with Gasteiger partial charge in [-0.25, -0.2) is 0 Å². The molecule has 1 aliphatic carbocycles. The van der Waals surface area contributed by atoms with Crippen LogP contribution < -0.4 is 24.0 Å². The molecule has 2 atom stereocenters. The molecule has 5 rings (SSSR count). The molecular formula is C30H31LiSi.